The summed E-state index contributed by atoms with van der Waals surface area (Å²) in [6.07, 6.45) is 0.194. The number of hydrogen-bond donors (Lipinski definition) is 3. The molecule has 1 unspecified atom stereocenters. The van der Waals surface area contributed by atoms with Crippen LogP contribution in [0.5, 0.6) is 0 Å². The lowest BCUT2D eigenvalue weighted by Crippen LogP contribution is -2.56. The number of carbonyl (C=O) groups is 2. The van der Waals surface area contributed by atoms with Crippen molar-refractivity contribution >= 4 is 33.6 Å². The second-order valence-electron chi connectivity index (χ2n) is 4.57. The van der Waals surface area contributed by atoms with Crippen LogP contribution < -0.4 is 10.6 Å². The van der Waals surface area contributed by atoms with E-state index in [1.54, 1.807) is 18.2 Å². The van der Waals surface area contributed by atoms with Crippen LogP contribution in [0.3, 0.4) is 0 Å². The highest BCUT2D eigenvalue weighted by Gasteiger charge is 2.44. The second-order valence-corrected chi connectivity index (χ2v) is 5.49. The van der Waals surface area contributed by atoms with E-state index in [0.29, 0.717) is 10.2 Å². The van der Waals surface area contributed by atoms with Crippen LogP contribution in [-0.2, 0) is 9.53 Å². The highest BCUT2D eigenvalue weighted by molar-refractivity contribution is 9.10. The Morgan fingerprint density at radius 3 is 2.81 bits per heavy atom. The fourth-order valence-electron chi connectivity index (χ4n) is 1.97. The van der Waals surface area contributed by atoms with Gasteiger partial charge in [-0.3, -0.25) is 0 Å². The summed E-state index contributed by atoms with van der Waals surface area (Å²) in [5.41, 5.74) is -0.854. The van der Waals surface area contributed by atoms with Gasteiger partial charge in [0.15, 0.2) is 5.54 Å². The third-order valence-electron chi connectivity index (χ3n) is 3.13. The third kappa shape index (κ3) is 3.32. The number of carbonyl (C=O) groups excluding carboxylic acids is 1. The lowest BCUT2D eigenvalue weighted by molar-refractivity contribution is -0.144. The molecule has 0 spiro atoms. The number of benzene rings is 1. The number of nitrogens with one attached hydrogen (secondary N) is 2. The largest absolute Gasteiger partial charge is 0.479 e. The quantitative estimate of drug-likeness (QED) is 0.765. The van der Waals surface area contributed by atoms with Gasteiger partial charge in [-0.15, -0.1) is 0 Å². The first-order valence-corrected chi connectivity index (χ1v) is 6.86. The molecule has 8 heteroatoms. The van der Waals surface area contributed by atoms with Gasteiger partial charge >= 0.3 is 12.0 Å². The average Bonchev–Trinajstić information content (AvgIpc) is 2.88. The summed E-state index contributed by atoms with van der Waals surface area (Å²) < 4.78 is 5.74. The van der Waals surface area contributed by atoms with E-state index in [1.165, 1.54) is 0 Å². The van der Waals surface area contributed by atoms with Crippen LogP contribution in [0.1, 0.15) is 12.0 Å². The Bertz CT molecular complexity index is 620. The van der Waals surface area contributed by atoms with E-state index in [9.17, 15) is 14.7 Å². The number of carboxylic acids is 1. The number of ether oxygens (including phenoxy) is 1. The fourth-order valence-corrected chi connectivity index (χ4v) is 2.34. The summed E-state index contributed by atoms with van der Waals surface area (Å²) >= 11 is 3.24. The lowest BCUT2D eigenvalue weighted by Gasteiger charge is -2.23. The Hall–Kier alpha value is -2.11. The molecule has 2 rings (SSSR count). The van der Waals surface area contributed by atoms with Crippen molar-refractivity contribution in [3.8, 4) is 6.07 Å². The van der Waals surface area contributed by atoms with Gasteiger partial charge in [-0.1, -0.05) is 15.9 Å². The molecular weight excluding hydrogens is 342 g/mol. The number of aliphatic carboxylic acids is 1. The number of rotatable bonds is 3. The first kappa shape index (κ1) is 15.3. The summed E-state index contributed by atoms with van der Waals surface area (Å²) in [7, 11) is 0. The predicted octanol–water partition coefficient (Wildman–Crippen LogP) is 1.69. The number of nitriles is 1. The summed E-state index contributed by atoms with van der Waals surface area (Å²) in [6, 6.07) is 6.04. The van der Waals surface area contributed by atoms with E-state index < -0.39 is 17.5 Å². The van der Waals surface area contributed by atoms with Crippen molar-refractivity contribution in [3.05, 3.63) is 28.2 Å². The topological polar surface area (TPSA) is 111 Å². The van der Waals surface area contributed by atoms with Crippen molar-refractivity contribution in [1.29, 1.82) is 5.26 Å². The third-order valence-corrected chi connectivity index (χ3v) is 3.63. The van der Waals surface area contributed by atoms with Crippen molar-refractivity contribution in [2.45, 2.75) is 12.0 Å². The molecule has 1 aromatic carbocycles. The Balaban J connectivity index is 2.14. The first-order chi connectivity index (χ1) is 9.97. The van der Waals surface area contributed by atoms with E-state index in [2.05, 4.69) is 26.6 Å². The van der Waals surface area contributed by atoms with E-state index in [-0.39, 0.29) is 25.2 Å². The summed E-state index contributed by atoms with van der Waals surface area (Å²) in [6.45, 7) is 0.187. The number of carboxylic acid groups (broad SMARTS) is 1. The molecule has 0 radical (unpaired) electrons. The molecule has 1 atom stereocenters. The average molecular weight is 354 g/mol. The molecule has 1 fully saturated rings. The lowest BCUT2D eigenvalue weighted by atomic mass is 9.99. The number of nitrogens with zero attached hydrogens (tertiary/aromatic N) is 1. The predicted molar refractivity (Wildman–Crippen MR) is 76.8 cm³/mol. The molecule has 2 amide bonds. The molecule has 0 saturated carbocycles. The van der Waals surface area contributed by atoms with Crippen LogP contribution >= 0.6 is 15.9 Å². The molecule has 0 aromatic heterocycles. The van der Waals surface area contributed by atoms with E-state index in [1.807, 2.05) is 6.07 Å². The minimum absolute atomic E-state index is 0.0840. The molecule has 1 heterocycles. The molecule has 110 valence electrons. The van der Waals surface area contributed by atoms with Crippen LogP contribution in [0.15, 0.2) is 22.7 Å². The monoisotopic (exact) mass is 353 g/mol. The molecular formula is C13H12BrN3O4. The standard InChI is InChI=1S/C13H12BrN3O4/c14-9-2-1-8(6-15)10(5-9)16-12(20)17-13(11(18)19)3-4-21-7-13/h1-2,5H,3-4,7H2,(H,18,19)(H2,16,17,20). The van der Waals surface area contributed by atoms with Gasteiger partial charge < -0.3 is 20.5 Å². The van der Waals surface area contributed by atoms with Crippen LogP contribution in [0.25, 0.3) is 0 Å². The molecule has 7 nitrogen and oxygen atoms in total. The molecule has 21 heavy (non-hydrogen) atoms. The Labute approximate surface area is 129 Å². The van der Waals surface area contributed by atoms with E-state index in [4.69, 9.17) is 10.00 Å². The molecule has 1 aliphatic heterocycles. The molecule has 0 aliphatic carbocycles. The molecule has 1 saturated heterocycles. The fraction of sp³-hybridized carbons (Fsp3) is 0.308. The van der Waals surface area contributed by atoms with Crippen LogP contribution in [0.4, 0.5) is 10.5 Å². The van der Waals surface area contributed by atoms with Gasteiger partial charge in [-0.05, 0) is 18.2 Å². The second kappa shape index (κ2) is 6.11. The zero-order valence-electron chi connectivity index (χ0n) is 10.9. The number of anilines is 1. The highest BCUT2D eigenvalue weighted by Crippen LogP contribution is 2.22. The maximum absolute atomic E-state index is 12.0. The number of hydrogen-bond acceptors (Lipinski definition) is 4. The number of amides is 2. The van der Waals surface area contributed by atoms with Crippen molar-refractivity contribution in [1.82, 2.24) is 5.32 Å². The van der Waals surface area contributed by atoms with Gasteiger partial charge in [0, 0.05) is 17.5 Å². The molecule has 0 bridgehead atoms. The van der Waals surface area contributed by atoms with Crippen LogP contribution in [0.2, 0.25) is 0 Å². The minimum atomic E-state index is -1.43. The summed E-state index contributed by atoms with van der Waals surface area (Å²) in [5.74, 6) is -1.15. The van der Waals surface area contributed by atoms with Gasteiger partial charge in [0.1, 0.15) is 6.07 Å². The Kier molecular flexibility index (Phi) is 4.45. The van der Waals surface area contributed by atoms with Gasteiger partial charge in [0.25, 0.3) is 0 Å². The first-order valence-electron chi connectivity index (χ1n) is 6.07. The van der Waals surface area contributed by atoms with Gasteiger partial charge in [0.2, 0.25) is 0 Å². The molecule has 1 aliphatic rings. The van der Waals surface area contributed by atoms with Crippen molar-refractivity contribution < 1.29 is 19.4 Å². The minimum Gasteiger partial charge on any atom is -0.479 e. The van der Waals surface area contributed by atoms with Gasteiger partial charge in [-0.25, -0.2) is 9.59 Å². The molecule has 3 N–H and O–H groups in total. The normalized spacial score (nSPS) is 20.6. The highest BCUT2D eigenvalue weighted by atomic mass is 79.9. The van der Waals surface area contributed by atoms with Crippen molar-refractivity contribution in [2.75, 3.05) is 18.5 Å². The SMILES string of the molecule is N#Cc1ccc(Br)cc1NC(=O)NC1(C(=O)O)CCOC1. The van der Waals surface area contributed by atoms with Crippen molar-refractivity contribution in [2.24, 2.45) is 0 Å². The summed E-state index contributed by atoms with van der Waals surface area (Å²) in [4.78, 5) is 23.3. The van der Waals surface area contributed by atoms with Gasteiger partial charge in [0.05, 0.1) is 17.9 Å². The van der Waals surface area contributed by atoms with E-state index >= 15 is 0 Å². The Morgan fingerprint density at radius 1 is 1.48 bits per heavy atom. The van der Waals surface area contributed by atoms with Crippen LogP contribution in [0, 0.1) is 11.3 Å². The zero-order valence-corrected chi connectivity index (χ0v) is 12.4. The Morgan fingerprint density at radius 2 is 2.24 bits per heavy atom. The van der Waals surface area contributed by atoms with Crippen molar-refractivity contribution in [3.63, 3.8) is 0 Å². The number of halogens is 1. The number of urea groups is 1. The maximum atomic E-state index is 12.0. The van der Waals surface area contributed by atoms with Gasteiger partial charge in [-0.2, -0.15) is 5.26 Å². The maximum Gasteiger partial charge on any atom is 0.332 e. The smallest absolute Gasteiger partial charge is 0.332 e. The summed E-state index contributed by atoms with van der Waals surface area (Å²) in [5, 5.41) is 23.1. The molecule has 1 aromatic rings. The van der Waals surface area contributed by atoms with E-state index in [0.717, 1.165) is 0 Å². The van der Waals surface area contributed by atoms with Crippen LogP contribution in [-0.4, -0.2) is 35.9 Å². The zero-order chi connectivity index (χ0) is 15.5.